The first-order valence-corrected chi connectivity index (χ1v) is 4.72. The van der Waals surface area contributed by atoms with Crippen LogP contribution in [0.25, 0.3) is 0 Å². The monoisotopic (exact) mass is 221 g/mol. The molecule has 0 N–H and O–H groups in total. The molecule has 82 valence electrons. The molecule has 0 aromatic heterocycles. The molecule has 0 unspecified atom stereocenters. The number of halogens is 1. The second kappa shape index (κ2) is 5.20. The second-order valence-electron chi connectivity index (χ2n) is 4.01. The molecular formula is C9H16ClNO3. The molecule has 0 fully saturated rings. The topological polar surface area (TPSA) is 46.6 Å². The average Bonchev–Trinajstić information content (AvgIpc) is 1.96. The van der Waals surface area contributed by atoms with Gasteiger partial charge in [0.05, 0.1) is 0 Å². The van der Waals surface area contributed by atoms with E-state index < -0.39 is 16.9 Å². The fraction of sp³-hybridized carbons (Fsp3) is 0.778. The van der Waals surface area contributed by atoms with Crippen molar-refractivity contribution in [3.63, 3.8) is 0 Å². The number of ether oxygens (including phenoxy) is 1. The zero-order valence-electron chi connectivity index (χ0n) is 8.96. The smallest absolute Gasteiger partial charge is 0.410 e. The van der Waals surface area contributed by atoms with Gasteiger partial charge < -0.3 is 9.64 Å². The average molecular weight is 222 g/mol. The molecule has 0 aliphatic carbocycles. The standard InChI is InChI=1S/C9H16ClNO3/c1-9(2,3)14-8(13)11(4)6-5-7(10)12/h5-6H2,1-4H3. The van der Waals surface area contributed by atoms with Crippen molar-refractivity contribution >= 4 is 22.9 Å². The van der Waals surface area contributed by atoms with E-state index in [1.807, 2.05) is 0 Å². The van der Waals surface area contributed by atoms with Crippen LogP contribution < -0.4 is 0 Å². The van der Waals surface area contributed by atoms with Gasteiger partial charge in [-0.2, -0.15) is 0 Å². The fourth-order valence-electron chi connectivity index (χ4n) is 0.687. The summed E-state index contributed by atoms with van der Waals surface area (Å²) in [5, 5.41) is -0.458. The molecule has 0 rings (SSSR count). The Labute approximate surface area is 89.2 Å². The van der Waals surface area contributed by atoms with Crippen molar-refractivity contribution in [2.75, 3.05) is 13.6 Å². The number of rotatable bonds is 3. The van der Waals surface area contributed by atoms with E-state index in [1.165, 1.54) is 4.90 Å². The minimum absolute atomic E-state index is 0.136. The highest BCUT2D eigenvalue weighted by Gasteiger charge is 2.19. The molecule has 0 spiro atoms. The summed E-state index contributed by atoms with van der Waals surface area (Å²) in [5.74, 6) is 0. The van der Waals surface area contributed by atoms with Crippen LogP contribution in [0.5, 0.6) is 0 Å². The molecule has 0 aliphatic heterocycles. The zero-order chi connectivity index (χ0) is 11.4. The normalized spacial score (nSPS) is 10.9. The molecule has 0 radical (unpaired) electrons. The number of carbonyl (C=O) groups is 2. The minimum Gasteiger partial charge on any atom is -0.444 e. The number of nitrogens with zero attached hydrogens (tertiary/aromatic N) is 1. The van der Waals surface area contributed by atoms with Crippen LogP contribution in [0.2, 0.25) is 0 Å². The Bertz CT molecular complexity index is 223. The Hall–Kier alpha value is -0.770. The van der Waals surface area contributed by atoms with Gasteiger partial charge in [-0.25, -0.2) is 4.79 Å². The number of carbonyl (C=O) groups excluding carboxylic acids is 2. The molecule has 0 aromatic rings. The van der Waals surface area contributed by atoms with Crippen molar-refractivity contribution in [1.82, 2.24) is 4.90 Å². The van der Waals surface area contributed by atoms with E-state index in [1.54, 1.807) is 27.8 Å². The van der Waals surface area contributed by atoms with Gasteiger partial charge in [0, 0.05) is 20.0 Å². The van der Waals surface area contributed by atoms with Crippen LogP contribution in [0.15, 0.2) is 0 Å². The maximum Gasteiger partial charge on any atom is 0.410 e. The summed E-state index contributed by atoms with van der Waals surface area (Å²) in [6, 6.07) is 0. The Balaban J connectivity index is 3.94. The molecule has 5 heteroatoms. The van der Waals surface area contributed by atoms with Gasteiger partial charge in [0.15, 0.2) is 0 Å². The van der Waals surface area contributed by atoms with Crippen LogP contribution in [0.3, 0.4) is 0 Å². The van der Waals surface area contributed by atoms with E-state index in [9.17, 15) is 9.59 Å². The van der Waals surface area contributed by atoms with Gasteiger partial charge in [-0.05, 0) is 32.4 Å². The summed E-state index contributed by atoms with van der Waals surface area (Å²) in [5.41, 5.74) is -0.518. The molecule has 0 aromatic carbocycles. The van der Waals surface area contributed by atoms with E-state index in [2.05, 4.69) is 0 Å². The quantitative estimate of drug-likeness (QED) is 0.685. The summed E-state index contributed by atoms with van der Waals surface area (Å²) in [7, 11) is 1.56. The summed E-state index contributed by atoms with van der Waals surface area (Å²) >= 11 is 5.14. The number of hydrogen-bond donors (Lipinski definition) is 0. The Morgan fingerprint density at radius 3 is 2.21 bits per heavy atom. The fourth-order valence-corrected chi connectivity index (χ4v) is 0.771. The van der Waals surface area contributed by atoms with Crippen LogP contribution >= 0.6 is 11.6 Å². The van der Waals surface area contributed by atoms with E-state index in [0.29, 0.717) is 0 Å². The first kappa shape index (κ1) is 13.2. The predicted molar refractivity (Wildman–Crippen MR) is 54.3 cm³/mol. The highest BCUT2D eigenvalue weighted by Crippen LogP contribution is 2.09. The lowest BCUT2D eigenvalue weighted by Crippen LogP contribution is -2.35. The third kappa shape index (κ3) is 6.71. The molecule has 0 saturated heterocycles. The van der Waals surface area contributed by atoms with Crippen molar-refractivity contribution in [2.24, 2.45) is 0 Å². The second-order valence-corrected chi connectivity index (χ2v) is 4.43. The largest absolute Gasteiger partial charge is 0.444 e. The first-order valence-electron chi connectivity index (χ1n) is 4.35. The molecule has 0 atom stereocenters. The SMILES string of the molecule is CN(CCC(=O)Cl)C(=O)OC(C)(C)C. The van der Waals surface area contributed by atoms with Gasteiger partial charge in [0.1, 0.15) is 5.60 Å². The van der Waals surface area contributed by atoms with E-state index >= 15 is 0 Å². The highest BCUT2D eigenvalue weighted by atomic mass is 35.5. The molecule has 0 heterocycles. The lowest BCUT2D eigenvalue weighted by Gasteiger charge is -2.24. The van der Waals surface area contributed by atoms with Crippen molar-refractivity contribution in [2.45, 2.75) is 32.8 Å². The summed E-state index contributed by atoms with van der Waals surface area (Å²) < 4.78 is 5.06. The zero-order valence-corrected chi connectivity index (χ0v) is 9.72. The van der Waals surface area contributed by atoms with Gasteiger partial charge in [-0.3, -0.25) is 4.79 Å². The van der Waals surface area contributed by atoms with Gasteiger partial charge in [-0.15, -0.1) is 0 Å². The first-order chi connectivity index (χ1) is 6.22. The van der Waals surface area contributed by atoms with E-state index in [0.717, 1.165) is 0 Å². The van der Waals surface area contributed by atoms with E-state index in [-0.39, 0.29) is 13.0 Å². The maximum absolute atomic E-state index is 11.3. The Morgan fingerprint density at radius 2 is 1.86 bits per heavy atom. The third-order valence-electron chi connectivity index (χ3n) is 1.35. The predicted octanol–water partition coefficient (Wildman–Crippen LogP) is 2.01. The number of amides is 1. The van der Waals surface area contributed by atoms with Crippen molar-refractivity contribution in [1.29, 1.82) is 0 Å². The van der Waals surface area contributed by atoms with Crippen molar-refractivity contribution in [3.8, 4) is 0 Å². The third-order valence-corrected chi connectivity index (χ3v) is 1.54. The highest BCUT2D eigenvalue weighted by molar-refractivity contribution is 6.63. The van der Waals surface area contributed by atoms with E-state index in [4.69, 9.17) is 16.3 Å². The van der Waals surface area contributed by atoms with Gasteiger partial charge in [0.25, 0.3) is 0 Å². The van der Waals surface area contributed by atoms with Crippen LogP contribution in [-0.4, -0.2) is 35.4 Å². The Morgan fingerprint density at radius 1 is 1.36 bits per heavy atom. The van der Waals surface area contributed by atoms with Crippen LogP contribution in [0.4, 0.5) is 4.79 Å². The molecule has 0 aliphatic rings. The summed E-state index contributed by atoms with van der Waals surface area (Å²) in [6.07, 6.45) is -0.312. The summed E-state index contributed by atoms with van der Waals surface area (Å²) in [4.78, 5) is 23.1. The van der Waals surface area contributed by atoms with Crippen molar-refractivity contribution in [3.05, 3.63) is 0 Å². The minimum atomic E-state index is -0.518. The lowest BCUT2D eigenvalue weighted by molar-refractivity contribution is -0.111. The number of hydrogen-bond acceptors (Lipinski definition) is 3. The van der Waals surface area contributed by atoms with Crippen LogP contribution in [-0.2, 0) is 9.53 Å². The molecule has 14 heavy (non-hydrogen) atoms. The molecule has 4 nitrogen and oxygen atoms in total. The van der Waals surface area contributed by atoms with Crippen LogP contribution in [0, 0.1) is 0 Å². The molecule has 1 amide bonds. The van der Waals surface area contributed by atoms with Gasteiger partial charge >= 0.3 is 6.09 Å². The Kier molecular flexibility index (Phi) is 4.91. The maximum atomic E-state index is 11.3. The van der Waals surface area contributed by atoms with Crippen LogP contribution in [0.1, 0.15) is 27.2 Å². The van der Waals surface area contributed by atoms with Gasteiger partial charge in [-0.1, -0.05) is 0 Å². The molecule has 0 saturated carbocycles. The molecular weight excluding hydrogens is 206 g/mol. The molecule has 0 bridgehead atoms. The lowest BCUT2D eigenvalue weighted by atomic mass is 10.2. The summed E-state index contributed by atoms with van der Waals surface area (Å²) in [6.45, 7) is 5.62. The van der Waals surface area contributed by atoms with Crippen molar-refractivity contribution < 1.29 is 14.3 Å². The van der Waals surface area contributed by atoms with Gasteiger partial charge in [0.2, 0.25) is 5.24 Å².